The fourth-order valence-corrected chi connectivity index (χ4v) is 10.7. The predicted molar refractivity (Wildman–Crippen MR) is 179 cm³/mol. The first-order valence-corrected chi connectivity index (χ1v) is 20.3. The first-order chi connectivity index (χ1) is 24.6. The number of aliphatic imine (C=N–C) groups is 1. The van der Waals surface area contributed by atoms with Gasteiger partial charge in [-0.1, -0.05) is 0 Å². The number of aliphatic hydroxyl groups is 1. The van der Waals surface area contributed by atoms with Crippen LogP contribution in [0, 0.1) is 17.8 Å². The lowest BCUT2D eigenvalue weighted by molar-refractivity contribution is -0.425. The highest BCUT2D eigenvalue weighted by atomic mass is 32.5. The third-order valence-electron chi connectivity index (χ3n) is 8.61. The third kappa shape index (κ3) is 8.29. The standard InChI is InChI=1S/C27H35F2N5O15P2S2/c1-10(35)42-7-14(28)16-20(38)21(44-11(2)36)17-25(47-27(16,17)46-12(3)37)48-50(39,40)49-51(41,52)43-8-15-13(6-31-5)26(4,29)23(45-15)22-18-19(34-53-22)24(30)33-9-32-18/h6,9,13-17,20-21,23,25,38H,7-8H2,1-5H3,(H,39,40)(H,41,52)(H2,30,32,33)/t13?,14-,15+,16?,17?,20?,21?,23-,25?,26+,27?,51?/m0/s1. The van der Waals surface area contributed by atoms with Gasteiger partial charge in [0.1, 0.15) is 60.0 Å². The lowest BCUT2D eigenvalue weighted by atomic mass is 9.86. The van der Waals surface area contributed by atoms with E-state index in [0.717, 1.165) is 32.3 Å². The molecule has 9 unspecified atom stereocenters. The van der Waals surface area contributed by atoms with E-state index >= 15 is 8.78 Å². The van der Waals surface area contributed by atoms with E-state index in [9.17, 15) is 33.8 Å². The molecule has 0 spiro atoms. The van der Waals surface area contributed by atoms with Crippen molar-refractivity contribution in [1.82, 2.24) is 14.3 Å². The molecule has 0 aromatic carbocycles. The van der Waals surface area contributed by atoms with Crippen molar-refractivity contribution in [2.75, 3.05) is 26.0 Å². The van der Waals surface area contributed by atoms with Gasteiger partial charge in [-0.25, -0.2) is 27.6 Å². The minimum atomic E-state index is -5.55. The van der Waals surface area contributed by atoms with Crippen molar-refractivity contribution in [3.05, 3.63) is 11.2 Å². The molecule has 294 valence electrons. The minimum Gasteiger partial charge on any atom is -0.463 e. The Labute approximate surface area is 308 Å². The highest BCUT2D eigenvalue weighted by molar-refractivity contribution is 8.08. The third-order valence-corrected chi connectivity index (χ3v) is 13.0. The summed E-state index contributed by atoms with van der Waals surface area (Å²) in [5.41, 5.74) is 4.19. The number of nitrogens with zero attached hydrogens (tertiary/aromatic N) is 4. The van der Waals surface area contributed by atoms with Crippen LogP contribution >= 0.6 is 26.1 Å². The number of hydrogen-bond acceptors (Lipinski definition) is 20. The average molecular weight is 834 g/mol. The van der Waals surface area contributed by atoms with Gasteiger partial charge >= 0.3 is 32.4 Å². The molecule has 13 atom stereocenters. The molecular weight excluding hydrogens is 798 g/mol. The topological polar surface area (TPSA) is 280 Å². The molecule has 0 radical (unpaired) electrons. The van der Waals surface area contributed by atoms with Crippen molar-refractivity contribution in [3.63, 3.8) is 0 Å². The minimum absolute atomic E-state index is 0.0671. The number of phosphoric acid groups is 1. The molecule has 2 aromatic rings. The number of rotatable bonds is 14. The van der Waals surface area contributed by atoms with Gasteiger partial charge in [-0.3, -0.25) is 18.9 Å². The normalized spacial score (nSPS) is 35.2. The summed E-state index contributed by atoms with van der Waals surface area (Å²) in [5.74, 6) is -10.0. The van der Waals surface area contributed by atoms with E-state index in [-0.39, 0.29) is 21.7 Å². The van der Waals surface area contributed by atoms with E-state index in [1.807, 2.05) is 0 Å². The van der Waals surface area contributed by atoms with Crippen molar-refractivity contribution >= 4 is 78.9 Å². The molecule has 0 amide bonds. The molecule has 2 aromatic heterocycles. The summed E-state index contributed by atoms with van der Waals surface area (Å²) in [4.78, 5) is 69.0. The molecule has 4 heterocycles. The van der Waals surface area contributed by atoms with Crippen LogP contribution in [0.3, 0.4) is 0 Å². The van der Waals surface area contributed by atoms with Gasteiger partial charge in [-0.05, 0) is 30.3 Å². The Kier molecular flexibility index (Phi) is 12.1. The Morgan fingerprint density at radius 3 is 2.53 bits per heavy atom. The van der Waals surface area contributed by atoms with Crippen LogP contribution in [0.4, 0.5) is 14.6 Å². The molecule has 26 heteroatoms. The van der Waals surface area contributed by atoms with Gasteiger partial charge in [-0.15, -0.1) is 0 Å². The SMILES string of the molecule is CN=CC1[C@@H](COP(O)(=S)OP(=O)(O)OC2OC3(OC(C)=O)C2C(OC(C)=O)C(O)C3[C@@H](F)COC(C)=O)O[C@@H](c2snc3c(N)ncnc23)[C@]1(C)F. The Hall–Kier alpha value is -2.73. The summed E-state index contributed by atoms with van der Waals surface area (Å²) < 4.78 is 90.9. The number of fused-ring (bicyclic) bond motifs is 2. The van der Waals surface area contributed by atoms with Gasteiger partial charge in [0.2, 0.25) is 5.79 Å². The molecule has 2 aliphatic heterocycles. The van der Waals surface area contributed by atoms with E-state index < -0.39 is 112 Å². The number of aromatic nitrogens is 3. The molecule has 2 saturated heterocycles. The summed E-state index contributed by atoms with van der Waals surface area (Å²) in [6.45, 7) is -2.33. The van der Waals surface area contributed by atoms with E-state index in [1.54, 1.807) is 0 Å². The van der Waals surface area contributed by atoms with E-state index in [2.05, 4.69) is 24.1 Å². The average Bonchev–Trinajstić information content (AvgIpc) is 3.60. The molecule has 5 N–H and O–H groups in total. The Balaban J connectivity index is 1.31. The molecule has 53 heavy (non-hydrogen) atoms. The van der Waals surface area contributed by atoms with Gasteiger partial charge < -0.3 is 53.8 Å². The van der Waals surface area contributed by atoms with Crippen molar-refractivity contribution in [2.24, 2.45) is 22.7 Å². The fraction of sp³-hybridized carbons (Fsp3) is 0.667. The van der Waals surface area contributed by atoms with E-state index in [1.165, 1.54) is 26.5 Å². The number of phosphoric ester groups is 1. The van der Waals surface area contributed by atoms with Gasteiger partial charge in [0.05, 0.1) is 29.4 Å². The predicted octanol–water partition coefficient (Wildman–Crippen LogP) is 1.58. The van der Waals surface area contributed by atoms with Crippen LogP contribution < -0.4 is 5.73 Å². The molecule has 3 fully saturated rings. The fourth-order valence-electron chi connectivity index (χ4n) is 6.60. The number of carbonyl (C=O) groups excluding carboxylic acids is 3. The number of aliphatic hydroxyl groups excluding tert-OH is 1. The Morgan fingerprint density at radius 1 is 1.21 bits per heavy atom. The first kappa shape index (κ1) is 41.4. The number of nitrogens with two attached hydrogens (primary N) is 1. The van der Waals surface area contributed by atoms with Crippen LogP contribution in [-0.4, -0.2) is 116 Å². The molecule has 5 rings (SSSR count). The lowest BCUT2D eigenvalue weighted by Crippen LogP contribution is -2.66. The molecular formula is C27H35F2N5O15P2S2. The van der Waals surface area contributed by atoms with Crippen molar-refractivity contribution in [3.8, 4) is 0 Å². The second-order valence-corrected chi connectivity index (χ2v) is 17.5. The number of anilines is 1. The lowest BCUT2D eigenvalue weighted by Gasteiger charge is -2.51. The number of nitrogen functional groups attached to an aromatic ring is 1. The van der Waals surface area contributed by atoms with Crippen LogP contribution in [0.1, 0.15) is 38.7 Å². The number of ether oxygens (including phenoxy) is 5. The van der Waals surface area contributed by atoms with Gasteiger partial charge in [0, 0.05) is 34.0 Å². The molecule has 0 bridgehead atoms. The van der Waals surface area contributed by atoms with Gasteiger partial charge in [-0.2, -0.15) is 4.37 Å². The van der Waals surface area contributed by atoms with E-state index in [4.69, 9.17) is 49.8 Å². The molecule has 20 nitrogen and oxygen atoms in total. The maximum absolute atomic E-state index is 16.4. The molecule has 3 aliphatic rings. The van der Waals surface area contributed by atoms with Crippen LogP contribution in [0.2, 0.25) is 0 Å². The van der Waals surface area contributed by atoms with Crippen LogP contribution in [0.25, 0.3) is 11.0 Å². The van der Waals surface area contributed by atoms with Crippen LogP contribution in [0.15, 0.2) is 11.3 Å². The highest BCUT2D eigenvalue weighted by Gasteiger charge is 2.78. The number of alkyl halides is 2. The largest absolute Gasteiger partial charge is 0.481 e. The number of carbonyl (C=O) groups is 3. The zero-order valence-electron chi connectivity index (χ0n) is 28.3. The molecule has 1 aliphatic carbocycles. The maximum Gasteiger partial charge on any atom is 0.481 e. The quantitative estimate of drug-likeness (QED) is 0.0910. The smallest absolute Gasteiger partial charge is 0.463 e. The Morgan fingerprint density at radius 2 is 1.91 bits per heavy atom. The second-order valence-electron chi connectivity index (χ2n) is 12.3. The molecule has 1 saturated carbocycles. The van der Waals surface area contributed by atoms with E-state index in [0.29, 0.717) is 0 Å². The summed E-state index contributed by atoms with van der Waals surface area (Å²) in [5, 5.41) is 11.0. The summed E-state index contributed by atoms with van der Waals surface area (Å²) in [6.07, 6.45) is -8.13. The Bertz CT molecular complexity index is 1880. The highest BCUT2D eigenvalue weighted by Crippen LogP contribution is 2.66. The summed E-state index contributed by atoms with van der Waals surface area (Å²) >= 11 is 5.81. The maximum atomic E-state index is 16.4. The zero-order valence-corrected chi connectivity index (χ0v) is 31.8. The summed E-state index contributed by atoms with van der Waals surface area (Å²) in [7, 11) is -4.16. The van der Waals surface area contributed by atoms with Crippen molar-refractivity contribution in [1.29, 1.82) is 0 Å². The van der Waals surface area contributed by atoms with Crippen LogP contribution in [-0.2, 0) is 67.8 Å². The number of hydrogen-bond donors (Lipinski definition) is 4. The van der Waals surface area contributed by atoms with Crippen molar-refractivity contribution in [2.45, 2.75) is 76.0 Å². The van der Waals surface area contributed by atoms with Gasteiger partial charge in [0.15, 0.2) is 12.1 Å². The summed E-state index contributed by atoms with van der Waals surface area (Å²) in [6, 6.07) is 0. The first-order valence-electron chi connectivity index (χ1n) is 15.5. The number of esters is 3. The zero-order chi connectivity index (χ0) is 39.3. The van der Waals surface area contributed by atoms with Crippen molar-refractivity contribution < 1.29 is 79.7 Å². The second kappa shape index (κ2) is 15.4. The van der Waals surface area contributed by atoms with Gasteiger partial charge in [0.25, 0.3) is 0 Å². The monoisotopic (exact) mass is 833 g/mol. The number of halogens is 2. The van der Waals surface area contributed by atoms with Crippen LogP contribution in [0.5, 0.6) is 0 Å².